The molecular weight excluding hydrogens is 397 g/mol. The highest BCUT2D eigenvalue weighted by Crippen LogP contribution is 2.31. The van der Waals surface area contributed by atoms with Crippen LogP contribution in [-0.2, 0) is 17.5 Å². The molecule has 2 aromatic carbocycles. The number of carbonyl (C=O) groups excluding carboxylic acids is 1. The number of alkyl halides is 3. The second-order valence-corrected chi connectivity index (χ2v) is 6.68. The standard InChI is InChI=1S/C20H21F3N6O/c1-28(17-9-3-2-4-10-17)12-6-11-24-18(30)14-29-26-19(25-27-29)15-7-5-8-16(13-15)20(21,22)23/h2-5,7-10,13H,6,11-12,14H2,1H3,(H,24,30). The summed E-state index contributed by atoms with van der Waals surface area (Å²) in [4.78, 5) is 15.2. The second kappa shape index (κ2) is 9.38. The highest BCUT2D eigenvalue weighted by atomic mass is 19.4. The predicted molar refractivity (Wildman–Crippen MR) is 106 cm³/mol. The van der Waals surface area contributed by atoms with Crippen LogP contribution in [0.3, 0.4) is 0 Å². The van der Waals surface area contributed by atoms with Gasteiger partial charge in [0.05, 0.1) is 5.56 Å². The van der Waals surface area contributed by atoms with E-state index in [1.54, 1.807) is 0 Å². The Bertz CT molecular complexity index is 974. The van der Waals surface area contributed by atoms with Gasteiger partial charge < -0.3 is 10.2 Å². The summed E-state index contributed by atoms with van der Waals surface area (Å²) in [5.74, 6) is -0.274. The molecule has 0 fully saturated rings. The SMILES string of the molecule is CN(CCCNC(=O)Cn1nnc(-c2cccc(C(F)(F)F)c2)n1)c1ccccc1. The number of tetrazole rings is 1. The molecule has 1 aromatic heterocycles. The Balaban J connectivity index is 1.47. The fourth-order valence-electron chi connectivity index (χ4n) is 2.80. The van der Waals surface area contributed by atoms with E-state index >= 15 is 0 Å². The molecule has 0 spiro atoms. The number of anilines is 1. The topological polar surface area (TPSA) is 75.9 Å². The Morgan fingerprint density at radius 1 is 1.13 bits per heavy atom. The summed E-state index contributed by atoms with van der Waals surface area (Å²) in [6.07, 6.45) is -3.71. The maximum absolute atomic E-state index is 12.8. The highest BCUT2D eigenvalue weighted by Gasteiger charge is 2.30. The number of benzene rings is 2. The smallest absolute Gasteiger partial charge is 0.375 e. The molecule has 0 bridgehead atoms. The third-order valence-corrected chi connectivity index (χ3v) is 4.38. The number of nitrogens with one attached hydrogen (secondary N) is 1. The summed E-state index contributed by atoms with van der Waals surface area (Å²) in [6, 6.07) is 14.6. The van der Waals surface area contributed by atoms with Gasteiger partial charge in [0, 0.05) is 31.4 Å². The molecule has 0 saturated carbocycles. The zero-order chi connectivity index (χ0) is 21.6. The maximum Gasteiger partial charge on any atom is 0.416 e. The molecule has 1 amide bonds. The fraction of sp³-hybridized carbons (Fsp3) is 0.300. The van der Waals surface area contributed by atoms with E-state index in [9.17, 15) is 18.0 Å². The number of amides is 1. The van der Waals surface area contributed by atoms with E-state index in [0.29, 0.717) is 6.54 Å². The van der Waals surface area contributed by atoms with Crippen LogP contribution in [-0.4, -0.2) is 46.3 Å². The molecule has 3 aromatic rings. The Hall–Kier alpha value is -3.43. The van der Waals surface area contributed by atoms with Gasteiger partial charge in [0.25, 0.3) is 0 Å². The van der Waals surface area contributed by atoms with Gasteiger partial charge in [-0.15, -0.1) is 10.2 Å². The number of para-hydroxylation sites is 1. The van der Waals surface area contributed by atoms with Crippen LogP contribution in [0, 0.1) is 0 Å². The predicted octanol–water partition coefficient (Wildman–Crippen LogP) is 3.00. The third-order valence-electron chi connectivity index (χ3n) is 4.38. The number of hydrogen-bond donors (Lipinski definition) is 1. The van der Waals surface area contributed by atoms with Crippen LogP contribution in [0.5, 0.6) is 0 Å². The number of rotatable bonds is 8. The average Bonchev–Trinajstić information content (AvgIpc) is 3.19. The molecule has 0 unspecified atom stereocenters. The van der Waals surface area contributed by atoms with Crippen molar-refractivity contribution >= 4 is 11.6 Å². The van der Waals surface area contributed by atoms with Crippen LogP contribution in [0.2, 0.25) is 0 Å². The van der Waals surface area contributed by atoms with Crippen LogP contribution >= 0.6 is 0 Å². The summed E-state index contributed by atoms with van der Waals surface area (Å²) >= 11 is 0. The largest absolute Gasteiger partial charge is 0.416 e. The monoisotopic (exact) mass is 418 g/mol. The first-order valence-electron chi connectivity index (χ1n) is 9.31. The summed E-state index contributed by atoms with van der Waals surface area (Å²) in [5.41, 5.74) is 0.479. The summed E-state index contributed by atoms with van der Waals surface area (Å²) in [5, 5.41) is 14.3. The first-order valence-corrected chi connectivity index (χ1v) is 9.31. The van der Waals surface area contributed by atoms with Crippen molar-refractivity contribution < 1.29 is 18.0 Å². The second-order valence-electron chi connectivity index (χ2n) is 6.68. The highest BCUT2D eigenvalue weighted by molar-refractivity contribution is 5.75. The van der Waals surface area contributed by atoms with E-state index in [1.165, 1.54) is 12.1 Å². The van der Waals surface area contributed by atoms with Gasteiger partial charge in [0.1, 0.15) is 6.54 Å². The van der Waals surface area contributed by atoms with Gasteiger partial charge in [-0.25, -0.2) is 0 Å². The molecule has 3 rings (SSSR count). The molecule has 0 saturated heterocycles. The third kappa shape index (κ3) is 5.79. The van der Waals surface area contributed by atoms with Crippen molar-refractivity contribution in [3.8, 4) is 11.4 Å². The van der Waals surface area contributed by atoms with Crippen LogP contribution < -0.4 is 10.2 Å². The molecule has 10 heteroatoms. The Kier molecular flexibility index (Phi) is 6.65. The minimum atomic E-state index is -4.46. The zero-order valence-corrected chi connectivity index (χ0v) is 16.3. The summed E-state index contributed by atoms with van der Waals surface area (Å²) in [7, 11) is 1.98. The summed E-state index contributed by atoms with van der Waals surface area (Å²) in [6.45, 7) is 1.08. The van der Waals surface area contributed by atoms with Crippen LogP contribution in [0.15, 0.2) is 54.6 Å². The lowest BCUT2D eigenvalue weighted by Crippen LogP contribution is -2.31. The van der Waals surface area contributed by atoms with Gasteiger partial charge in [0.2, 0.25) is 11.7 Å². The molecule has 1 heterocycles. The van der Waals surface area contributed by atoms with Crippen LogP contribution in [0.25, 0.3) is 11.4 Å². The molecule has 158 valence electrons. The number of carbonyl (C=O) groups is 1. The quantitative estimate of drug-likeness (QED) is 0.569. The van der Waals surface area contributed by atoms with Gasteiger partial charge in [0.15, 0.2) is 0 Å². The average molecular weight is 418 g/mol. The van der Waals surface area contributed by atoms with Crippen molar-refractivity contribution in [1.82, 2.24) is 25.5 Å². The maximum atomic E-state index is 12.8. The molecule has 1 N–H and O–H groups in total. The Morgan fingerprint density at radius 3 is 2.63 bits per heavy atom. The first-order chi connectivity index (χ1) is 14.3. The molecular formula is C20H21F3N6O. The fourth-order valence-corrected chi connectivity index (χ4v) is 2.80. The van der Waals surface area contributed by atoms with Crippen LogP contribution in [0.4, 0.5) is 18.9 Å². The molecule has 0 aliphatic heterocycles. The molecule has 0 aliphatic carbocycles. The minimum Gasteiger partial charge on any atom is -0.375 e. The number of hydrogen-bond acceptors (Lipinski definition) is 5. The van der Waals surface area contributed by atoms with Crippen molar-refractivity contribution in [2.24, 2.45) is 0 Å². The molecule has 0 radical (unpaired) electrons. The van der Waals surface area contributed by atoms with Gasteiger partial charge in [-0.1, -0.05) is 30.3 Å². The summed E-state index contributed by atoms with van der Waals surface area (Å²) < 4.78 is 38.5. The van der Waals surface area contributed by atoms with Crippen molar-refractivity contribution in [1.29, 1.82) is 0 Å². The number of halogens is 3. The zero-order valence-electron chi connectivity index (χ0n) is 16.3. The lowest BCUT2D eigenvalue weighted by Gasteiger charge is -2.19. The molecule has 0 atom stereocenters. The van der Waals surface area contributed by atoms with Crippen molar-refractivity contribution in [3.63, 3.8) is 0 Å². The van der Waals surface area contributed by atoms with Crippen molar-refractivity contribution in [3.05, 3.63) is 60.2 Å². The lowest BCUT2D eigenvalue weighted by molar-refractivity contribution is -0.137. The Morgan fingerprint density at radius 2 is 1.90 bits per heavy atom. The van der Waals surface area contributed by atoms with Crippen molar-refractivity contribution in [2.45, 2.75) is 19.1 Å². The van der Waals surface area contributed by atoms with E-state index in [2.05, 4.69) is 25.6 Å². The normalized spacial score (nSPS) is 11.3. The molecule has 30 heavy (non-hydrogen) atoms. The molecule has 7 nitrogen and oxygen atoms in total. The van der Waals surface area contributed by atoms with Gasteiger partial charge in [-0.2, -0.15) is 18.0 Å². The van der Waals surface area contributed by atoms with Gasteiger partial charge in [-0.05, 0) is 35.9 Å². The van der Waals surface area contributed by atoms with Crippen molar-refractivity contribution in [2.75, 3.05) is 25.0 Å². The van der Waals surface area contributed by atoms with E-state index < -0.39 is 11.7 Å². The Labute approximate surface area is 171 Å². The molecule has 0 aliphatic rings. The van der Waals surface area contributed by atoms with E-state index in [4.69, 9.17) is 0 Å². The van der Waals surface area contributed by atoms with Gasteiger partial charge >= 0.3 is 6.18 Å². The van der Waals surface area contributed by atoms with E-state index in [1.807, 2.05) is 37.4 Å². The van der Waals surface area contributed by atoms with Crippen LogP contribution in [0.1, 0.15) is 12.0 Å². The minimum absolute atomic E-state index is 0.0263. The lowest BCUT2D eigenvalue weighted by atomic mass is 10.1. The first kappa shape index (κ1) is 21.3. The number of aromatic nitrogens is 4. The van der Waals surface area contributed by atoms with E-state index in [-0.39, 0.29) is 23.8 Å². The number of nitrogens with zero attached hydrogens (tertiary/aromatic N) is 5. The van der Waals surface area contributed by atoms with E-state index in [0.717, 1.165) is 35.6 Å². The van der Waals surface area contributed by atoms with Gasteiger partial charge in [-0.3, -0.25) is 4.79 Å².